The van der Waals surface area contributed by atoms with E-state index in [-0.39, 0.29) is 28.8 Å². The highest BCUT2D eigenvalue weighted by molar-refractivity contribution is 7.90. The molecule has 43 heavy (non-hydrogen) atoms. The molecule has 1 unspecified atom stereocenters. The molecule has 3 aliphatic rings. The summed E-state index contributed by atoms with van der Waals surface area (Å²) >= 11 is 0. The van der Waals surface area contributed by atoms with Gasteiger partial charge in [0.25, 0.3) is 5.91 Å². The molecule has 0 bridgehead atoms. The highest BCUT2D eigenvalue weighted by Crippen LogP contribution is 2.33. The van der Waals surface area contributed by atoms with E-state index >= 15 is 0 Å². The van der Waals surface area contributed by atoms with Crippen LogP contribution in [0.5, 0.6) is 0 Å². The van der Waals surface area contributed by atoms with E-state index in [9.17, 15) is 18.0 Å². The van der Waals surface area contributed by atoms with Crippen molar-refractivity contribution in [2.24, 2.45) is 0 Å². The minimum Gasteiger partial charge on any atom is -0.345 e. The van der Waals surface area contributed by atoms with Gasteiger partial charge in [-0.3, -0.25) is 9.59 Å². The number of likely N-dealkylation sites (tertiary alicyclic amines) is 1. The first-order chi connectivity index (χ1) is 20.8. The highest BCUT2D eigenvalue weighted by Gasteiger charge is 2.38. The Morgan fingerprint density at radius 2 is 1.53 bits per heavy atom. The second kappa shape index (κ2) is 12.5. The van der Waals surface area contributed by atoms with E-state index in [1.807, 2.05) is 48.5 Å². The lowest BCUT2D eigenvalue weighted by Crippen LogP contribution is -2.49. The zero-order valence-electron chi connectivity index (χ0n) is 24.6. The monoisotopic (exact) mass is 597 g/mol. The lowest BCUT2D eigenvalue weighted by atomic mass is 9.97. The Morgan fingerprint density at radius 3 is 2.19 bits per heavy atom. The molecule has 224 valence electrons. The van der Waals surface area contributed by atoms with Crippen molar-refractivity contribution in [2.45, 2.75) is 61.5 Å². The zero-order valence-corrected chi connectivity index (χ0v) is 25.4. The summed E-state index contributed by atoms with van der Waals surface area (Å²) in [6.45, 7) is 2.70. The van der Waals surface area contributed by atoms with Crippen molar-refractivity contribution in [2.75, 3.05) is 25.9 Å². The number of benzene rings is 3. The van der Waals surface area contributed by atoms with Crippen molar-refractivity contribution >= 4 is 33.3 Å². The summed E-state index contributed by atoms with van der Waals surface area (Å²) in [6, 6.07) is 25.3. The van der Waals surface area contributed by atoms with Gasteiger partial charge in [0.15, 0.2) is 9.84 Å². The van der Waals surface area contributed by atoms with E-state index in [0.717, 1.165) is 78.9 Å². The molecule has 2 amide bonds. The van der Waals surface area contributed by atoms with E-state index in [1.165, 1.54) is 6.26 Å². The molecule has 1 aliphatic heterocycles. The molecule has 1 saturated carbocycles. The fraction of sp³-hybridized carbons (Fsp3) is 0.371. The normalized spacial score (nSPS) is 17.7. The Labute approximate surface area is 253 Å². The summed E-state index contributed by atoms with van der Waals surface area (Å²) in [7, 11) is -3.26. The Balaban J connectivity index is 1.05. The minimum absolute atomic E-state index is 0.0317. The Kier molecular flexibility index (Phi) is 8.50. The maximum atomic E-state index is 13.4. The Bertz CT molecular complexity index is 1710. The number of amides is 2. The summed E-state index contributed by atoms with van der Waals surface area (Å²) in [5.41, 5.74) is 2.69. The molecule has 0 aromatic heterocycles. The molecule has 1 atom stereocenters. The molecule has 0 radical (unpaired) electrons. The smallest absolute Gasteiger partial charge is 0.252 e. The Morgan fingerprint density at radius 1 is 0.884 bits per heavy atom. The molecule has 3 aromatic rings. The second-order valence-corrected chi connectivity index (χ2v) is 14.1. The molecule has 2 fully saturated rings. The van der Waals surface area contributed by atoms with E-state index in [1.54, 1.807) is 24.3 Å². The number of piperidine rings is 1. The van der Waals surface area contributed by atoms with Crippen LogP contribution in [-0.4, -0.2) is 68.0 Å². The third-order valence-electron chi connectivity index (χ3n) is 8.92. The van der Waals surface area contributed by atoms with Gasteiger partial charge in [-0.15, -0.1) is 0 Å². The number of hydrogen-bond donors (Lipinski definition) is 1. The van der Waals surface area contributed by atoms with Crippen LogP contribution >= 0.6 is 0 Å². The molecule has 7 nitrogen and oxygen atoms in total. The number of hydrogen-bond acceptors (Lipinski definition) is 5. The zero-order chi connectivity index (χ0) is 30.0. The van der Waals surface area contributed by atoms with Gasteiger partial charge < -0.3 is 15.1 Å². The lowest BCUT2D eigenvalue weighted by Gasteiger charge is -2.39. The molecular formula is C35H39N3O4S. The number of sulfone groups is 1. The van der Waals surface area contributed by atoms with Crippen LogP contribution in [0.3, 0.4) is 0 Å². The fourth-order valence-corrected chi connectivity index (χ4v) is 7.00. The van der Waals surface area contributed by atoms with E-state index < -0.39 is 9.84 Å². The standard InChI is InChI=1S/C35H39N3O4S/c1-43(41,42)30-15-11-25(12-16-30)23-34(39)38(28-13-14-28)29-17-20-37(21-18-29)22-19-33(26-7-3-2-4-8-26)36-35(40)32-24-27-9-5-6-10-31(27)32/h2-12,15-16,24,28-29,33H,13-14,17-23H2,1H3,(H,36,40). The van der Waals surface area contributed by atoms with Gasteiger partial charge in [0.2, 0.25) is 5.91 Å². The first-order valence-electron chi connectivity index (χ1n) is 15.3. The van der Waals surface area contributed by atoms with Gasteiger partial charge in [0.1, 0.15) is 0 Å². The van der Waals surface area contributed by atoms with Crippen LogP contribution in [-0.2, 0) is 25.8 Å². The number of rotatable bonds is 11. The van der Waals surface area contributed by atoms with Gasteiger partial charge in [0.05, 0.1) is 17.4 Å². The van der Waals surface area contributed by atoms with Crippen molar-refractivity contribution in [1.82, 2.24) is 15.1 Å². The average molecular weight is 598 g/mol. The molecule has 0 spiro atoms. The predicted molar refractivity (Wildman–Crippen MR) is 168 cm³/mol. The SMILES string of the molecule is CS(=O)(=O)c1ccc(CC(=O)N(C2CC2)C2CCN(CCC(NC(=O)C3=c4ccccc4=C3)c3ccccc3)CC2)cc1. The summed E-state index contributed by atoms with van der Waals surface area (Å²) < 4.78 is 23.6. The first kappa shape index (κ1) is 29.3. The highest BCUT2D eigenvalue weighted by atomic mass is 32.2. The number of nitrogens with zero attached hydrogens (tertiary/aromatic N) is 2. The number of nitrogens with one attached hydrogen (secondary N) is 1. The third-order valence-corrected chi connectivity index (χ3v) is 10.1. The Hall–Kier alpha value is -3.75. The summed E-state index contributed by atoms with van der Waals surface area (Å²) in [5.74, 6) is 0.0996. The van der Waals surface area contributed by atoms with Crippen LogP contribution in [0.1, 0.15) is 49.3 Å². The quantitative estimate of drug-likeness (QED) is 0.368. The third kappa shape index (κ3) is 6.92. The van der Waals surface area contributed by atoms with Gasteiger partial charge in [-0.25, -0.2) is 8.42 Å². The van der Waals surface area contributed by atoms with Gasteiger partial charge in [-0.2, -0.15) is 0 Å². The average Bonchev–Trinajstić information content (AvgIpc) is 3.82. The van der Waals surface area contributed by atoms with Crippen LogP contribution in [0.4, 0.5) is 0 Å². The molecule has 1 N–H and O–H groups in total. The summed E-state index contributed by atoms with van der Waals surface area (Å²) in [4.78, 5) is 31.5. The van der Waals surface area contributed by atoms with Crippen molar-refractivity contribution in [3.63, 3.8) is 0 Å². The molecule has 8 heteroatoms. The summed E-state index contributed by atoms with van der Waals surface area (Å²) in [5, 5.41) is 5.41. The number of carbonyl (C=O) groups excluding carboxylic acids is 2. The van der Waals surface area contributed by atoms with Crippen molar-refractivity contribution in [3.05, 3.63) is 100 Å². The van der Waals surface area contributed by atoms with Crippen LogP contribution in [0.25, 0.3) is 11.6 Å². The fourth-order valence-electron chi connectivity index (χ4n) is 6.37. The predicted octanol–water partition coefficient (Wildman–Crippen LogP) is 2.98. The number of fused-ring (bicyclic) bond motifs is 1. The van der Waals surface area contributed by atoms with E-state index in [2.05, 4.69) is 27.2 Å². The first-order valence-corrected chi connectivity index (χ1v) is 17.1. The second-order valence-electron chi connectivity index (χ2n) is 12.1. The van der Waals surface area contributed by atoms with Gasteiger partial charge in [-0.05, 0) is 71.9 Å². The molecular weight excluding hydrogens is 558 g/mol. The molecule has 1 saturated heterocycles. The number of carbonyl (C=O) groups is 2. The van der Waals surface area contributed by atoms with Crippen LogP contribution in [0, 0.1) is 0 Å². The van der Waals surface area contributed by atoms with Crippen LogP contribution < -0.4 is 15.8 Å². The molecule has 3 aromatic carbocycles. The minimum atomic E-state index is -3.26. The molecule has 6 rings (SSSR count). The largest absolute Gasteiger partial charge is 0.345 e. The maximum Gasteiger partial charge on any atom is 0.252 e. The summed E-state index contributed by atoms with van der Waals surface area (Å²) in [6.07, 6.45) is 8.22. The van der Waals surface area contributed by atoms with Gasteiger partial charge in [0, 0.05) is 43.5 Å². The van der Waals surface area contributed by atoms with Crippen molar-refractivity contribution < 1.29 is 18.0 Å². The molecule has 2 aliphatic carbocycles. The van der Waals surface area contributed by atoms with Gasteiger partial charge >= 0.3 is 0 Å². The molecule has 1 heterocycles. The topological polar surface area (TPSA) is 86.8 Å². The van der Waals surface area contributed by atoms with Crippen LogP contribution in [0.2, 0.25) is 0 Å². The maximum absolute atomic E-state index is 13.4. The van der Waals surface area contributed by atoms with Crippen LogP contribution in [0.15, 0.2) is 83.8 Å². The van der Waals surface area contributed by atoms with E-state index in [4.69, 9.17) is 0 Å². The van der Waals surface area contributed by atoms with Crippen molar-refractivity contribution in [1.29, 1.82) is 0 Å². The lowest BCUT2D eigenvalue weighted by molar-refractivity contribution is -0.134. The van der Waals surface area contributed by atoms with Gasteiger partial charge in [-0.1, -0.05) is 66.7 Å². The van der Waals surface area contributed by atoms with E-state index in [0.29, 0.717) is 12.5 Å². The van der Waals surface area contributed by atoms with Crippen molar-refractivity contribution in [3.8, 4) is 0 Å².